The first-order valence-corrected chi connectivity index (χ1v) is 13.6. The monoisotopic (exact) mass is 588 g/mol. The van der Waals surface area contributed by atoms with Crippen LogP contribution in [0, 0.1) is 0 Å². The van der Waals surface area contributed by atoms with Crippen LogP contribution in [0.1, 0.15) is 72.9 Å². The Morgan fingerprint density at radius 1 is 0.976 bits per heavy atom. The van der Waals surface area contributed by atoms with Gasteiger partial charge in [-0.15, -0.1) is 23.4 Å². The number of hydrogen-bond donors (Lipinski definition) is 1. The number of nitrogens with zero attached hydrogens (tertiary/aromatic N) is 3. The maximum Gasteiger partial charge on any atom is 0.573 e. The van der Waals surface area contributed by atoms with Crippen LogP contribution in [-0.2, 0) is 4.79 Å². The predicted octanol–water partition coefficient (Wildman–Crippen LogP) is 5.55. The first-order valence-electron chi connectivity index (χ1n) is 13.6. The van der Waals surface area contributed by atoms with Crippen molar-refractivity contribution >= 4 is 17.7 Å². The van der Waals surface area contributed by atoms with Gasteiger partial charge in [0.1, 0.15) is 17.0 Å². The maximum absolute atomic E-state index is 14.1. The number of methoxy groups -OCH3 is 1. The molecule has 0 aliphatic heterocycles. The Labute approximate surface area is 240 Å². The van der Waals surface area contributed by atoms with Crippen LogP contribution in [0.5, 0.6) is 11.5 Å². The maximum atomic E-state index is 14.1. The van der Waals surface area contributed by atoms with Gasteiger partial charge in [-0.25, -0.2) is 0 Å². The van der Waals surface area contributed by atoms with Crippen LogP contribution in [-0.4, -0.2) is 58.4 Å². The lowest BCUT2D eigenvalue weighted by Crippen LogP contribution is -2.61. The highest BCUT2D eigenvalue weighted by atomic mass is 19.4. The van der Waals surface area contributed by atoms with Gasteiger partial charge < -0.3 is 19.2 Å². The van der Waals surface area contributed by atoms with Crippen molar-refractivity contribution < 1.29 is 41.4 Å². The molecule has 13 heteroatoms. The van der Waals surface area contributed by atoms with E-state index in [0.29, 0.717) is 37.0 Å². The standard InChI is InChI=1S/C29H31F3N4O6/c1-3-4-18-36(26(38)25-35-34-24(41-25)20-10-12-21(40-2)13-11-20)27(39)28(16-6-5-7-17-28)33-23(37)19-8-14-22(15-9-19)42-29(30,31)32/h8-15H,3-7,16-18H2,1-2H3,(H,33,37). The minimum absolute atomic E-state index is 0.0368. The van der Waals surface area contributed by atoms with Gasteiger partial charge in [0.25, 0.3) is 11.8 Å². The van der Waals surface area contributed by atoms with Crippen LogP contribution >= 0.6 is 0 Å². The molecule has 1 heterocycles. The Balaban J connectivity index is 1.57. The van der Waals surface area contributed by atoms with E-state index in [1.165, 1.54) is 19.2 Å². The number of halogens is 3. The lowest BCUT2D eigenvalue weighted by molar-refractivity contribution is -0.274. The summed E-state index contributed by atoms with van der Waals surface area (Å²) in [6, 6.07) is 11.2. The summed E-state index contributed by atoms with van der Waals surface area (Å²) >= 11 is 0. The molecule has 3 amide bonds. The first kappa shape index (κ1) is 30.5. The van der Waals surface area contributed by atoms with Gasteiger partial charge in [-0.2, -0.15) is 0 Å². The Morgan fingerprint density at radius 2 is 1.62 bits per heavy atom. The molecule has 2 aromatic carbocycles. The number of carbonyl (C=O) groups excluding carboxylic acids is 3. The van der Waals surface area contributed by atoms with Crippen molar-refractivity contribution in [3.05, 3.63) is 60.0 Å². The van der Waals surface area contributed by atoms with Crippen molar-refractivity contribution in [1.82, 2.24) is 20.4 Å². The number of benzene rings is 2. The molecule has 0 radical (unpaired) electrons. The highest BCUT2D eigenvalue weighted by Gasteiger charge is 2.46. The molecule has 0 spiro atoms. The highest BCUT2D eigenvalue weighted by molar-refractivity contribution is 6.07. The molecule has 4 rings (SSSR count). The molecule has 1 N–H and O–H groups in total. The predicted molar refractivity (Wildman–Crippen MR) is 144 cm³/mol. The molecular formula is C29H31F3N4O6. The Kier molecular flexibility index (Phi) is 9.48. The molecule has 1 fully saturated rings. The van der Waals surface area contributed by atoms with E-state index in [-0.39, 0.29) is 36.7 Å². The third kappa shape index (κ3) is 7.25. The molecule has 1 aliphatic carbocycles. The van der Waals surface area contributed by atoms with Gasteiger partial charge in [0.05, 0.1) is 7.11 Å². The number of imide groups is 1. The zero-order valence-corrected chi connectivity index (χ0v) is 23.2. The summed E-state index contributed by atoms with van der Waals surface area (Å²) in [4.78, 5) is 42.0. The van der Waals surface area contributed by atoms with Gasteiger partial charge >= 0.3 is 18.2 Å². The summed E-state index contributed by atoms with van der Waals surface area (Å²) in [7, 11) is 1.53. The van der Waals surface area contributed by atoms with E-state index in [0.717, 1.165) is 23.5 Å². The largest absolute Gasteiger partial charge is 0.573 e. The molecule has 10 nitrogen and oxygen atoms in total. The Hall–Kier alpha value is -4.42. The van der Waals surface area contributed by atoms with Crippen molar-refractivity contribution in [3.8, 4) is 23.0 Å². The molecule has 0 atom stereocenters. The third-order valence-corrected chi connectivity index (χ3v) is 6.99. The lowest BCUT2D eigenvalue weighted by atomic mass is 9.80. The number of alkyl halides is 3. The summed E-state index contributed by atoms with van der Waals surface area (Å²) in [6.45, 7) is 1.97. The molecule has 0 unspecified atom stereocenters. The second kappa shape index (κ2) is 13.0. The average molecular weight is 589 g/mol. The van der Waals surface area contributed by atoms with Crippen molar-refractivity contribution in [2.24, 2.45) is 0 Å². The van der Waals surface area contributed by atoms with E-state index < -0.39 is 35.4 Å². The molecule has 42 heavy (non-hydrogen) atoms. The van der Waals surface area contributed by atoms with Gasteiger partial charge in [0.15, 0.2) is 0 Å². The van der Waals surface area contributed by atoms with E-state index in [2.05, 4.69) is 20.3 Å². The number of amides is 3. The first-order chi connectivity index (χ1) is 20.0. The van der Waals surface area contributed by atoms with Crippen molar-refractivity contribution in [1.29, 1.82) is 0 Å². The second-order valence-corrected chi connectivity index (χ2v) is 9.93. The average Bonchev–Trinajstić information content (AvgIpc) is 3.48. The molecule has 0 bridgehead atoms. The Bertz CT molecular complexity index is 1380. The van der Waals surface area contributed by atoms with Crippen LogP contribution in [0.15, 0.2) is 52.9 Å². The normalized spacial score (nSPS) is 14.6. The van der Waals surface area contributed by atoms with Gasteiger partial charge in [-0.1, -0.05) is 32.6 Å². The van der Waals surface area contributed by atoms with Gasteiger partial charge in [-0.05, 0) is 67.8 Å². The number of ether oxygens (including phenoxy) is 2. The van der Waals surface area contributed by atoms with E-state index in [1.807, 2.05) is 6.92 Å². The fourth-order valence-corrected chi connectivity index (χ4v) is 4.79. The molecule has 1 aliphatic rings. The van der Waals surface area contributed by atoms with Gasteiger partial charge in [0.2, 0.25) is 5.89 Å². The topological polar surface area (TPSA) is 124 Å². The highest BCUT2D eigenvalue weighted by Crippen LogP contribution is 2.32. The number of hydrogen-bond acceptors (Lipinski definition) is 8. The lowest BCUT2D eigenvalue weighted by Gasteiger charge is -2.39. The van der Waals surface area contributed by atoms with Crippen LogP contribution in [0.2, 0.25) is 0 Å². The minimum Gasteiger partial charge on any atom is -0.497 e. The summed E-state index contributed by atoms with van der Waals surface area (Å²) in [5.41, 5.74) is -0.815. The number of aromatic nitrogens is 2. The van der Waals surface area contributed by atoms with Crippen LogP contribution in [0.3, 0.4) is 0 Å². The van der Waals surface area contributed by atoms with E-state index >= 15 is 0 Å². The van der Waals surface area contributed by atoms with Crippen LogP contribution in [0.4, 0.5) is 13.2 Å². The van der Waals surface area contributed by atoms with Crippen molar-refractivity contribution in [2.45, 2.75) is 63.8 Å². The zero-order valence-electron chi connectivity index (χ0n) is 23.2. The number of unbranched alkanes of at least 4 members (excludes halogenated alkanes) is 1. The van der Waals surface area contributed by atoms with Crippen LogP contribution in [0.25, 0.3) is 11.5 Å². The van der Waals surface area contributed by atoms with Crippen molar-refractivity contribution in [2.75, 3.05) is 13.7 Å². The second-order valence-electron chi connectivity index (χ2n) is 9.93. The molecule has 0 saturated heterocycles. The Morgan fingerprint density at radius 3 is 2.21 bits per heavy atom. The van der Waals surface area contributed by atoms with Crippen LogP contribution < -0.4 is 14.8 Å². The SMILES string of the molecule is CCCCN(C(=O)c1nnc(-c2ccc(OC)cc2)o1)C(=O)C1(NC(=O)c2ccc(OC(F)(F)F)cc2)CCCCC1. The zero-order chi connectivity index (χ0) is 30.3. The molecule has 3 aromatic rings. The number of nitrogens with one attached hydrogen (secondary N) is 1. The fourth-order valence-electron chi connectivity index (χ4n) is 4.79. The van der Waals surface area contributed by atoms with E-state index in [9.17, 15) is 27.6 Å². The molecule has 224 valence electrons. The number of carbonyl (C=O) groups is 3. The fraction of sp³-hybridized carbons (Fsp3) is 0.414. The van der Waals surface area contributed by atoms with Crippen molar-refractivity contribution in [3.63, 3.8) is 0 Å². The summed E-state index contributed by atoms with van der Waals surface area (Å²) in [6.07, 6.45) is -1.03. The minimum atomic E-state index is -4.87. The smallest absolute Gasteiger partial charge is 0.497 e. The quantitative estimate of drug-likeness (QED) is 0.306. The molecule has 1 saturated carbocycles. The van der Waals surface area contributed by atoms with Gasteiger partial charge in [0, 0.05) is 17.7 Å². The molecule has 1 aromatic heterocycles. The molecular weight excluding hydrogens is 557 g/mol. The van der Waals surface area contributed by atoms with Gasteiger partial charge in [-0.3, -0.25) is 19.3 Å². The third-order valence-electron chi connectivity index (χ3n) is 6.99. The van der Waals surface area contributed by atoms with E-state index in [1.54, 1.807) is 24.3 Å². The van der Waals surface area contributed by atoms with E-state index in [4.69, 9.17) is 9.15 Å². The summed E-state index contributed by atoms with van der Waals surface area (Å²) in [5.74, 6) is -2.19. The summed E-state index contributed by atoms with van der Waals surface area (Å²) < 4.78 is 52.2. The number of rotatable bonds is 10. The summed E-state index contributed by atoms with van der Waals surface area (Å²) in [5, 5.41) is 10.6.